The molecule has 0 saturated carbocycles. The molecular formula is C18H26N2O4. The van der Waals surface area contributed by atoms with E-state index in [2.05, 4.69) is 5.32 Å². The molecule has 0 aliphatic carbocycles. The van der Waals surface area contributed by atoms with Gasteiger partial charge in [0, 0.05) is 24.7 Å². The molecule has 0 bridgehead atoms. The van der Waals surface area contributed by atoms with Crippen LogP contribution in [-0.4, -0.2) is 49.7 Å². The Balaban J connectivity index is 1.94. The van der Waals surface area contributed by atoms with E-state index in [-0.39, 0.29) is 18.0 Å². The largest absolute Gasteiger partial charge is 0.496 e. The van der Waals surface area contributed by atoms with E-state index in [1.165, 1.54) is 0 Å². The zero-order valence-corrected chi connectivity index (χ0v) is 14.8. The van der Waals surface area contributed by atoms with Crippen molar-refractivity contribution in [2.75, 3.05) is 26.8 Å². The number of methoxy groups -OCH3 is 1. The molecule has 0 atom stereocenters. The maximum absolute atomic E-state index is 12.5. The number of piperidine rings is 1. The Morgan fingerprint density at radius 3 is 2.46 bits per heavy atom. The highest BCUT2D eigenvalue weighted by atomic mass is 16.6. The van der Waals surface area contributed by atoms with Crippen molar-refractivity contribution >= 4 is 12.0 Å². The molecule has 1 aromatic rings. The molecule has 0 spiro atoms. The molecule has 1 aliphatic heterocycles. The number of benzene rings is 1. The fraction of sp³-hybridized carbons (Fsp3) is 0.556. The Labute approximate surface area is 143 Å². The van der Waals surface area contributed by atoms with Crippen LogP contribution in [0.1, 0.15) is 41.3 Å². The second-order valence-electron chi connectivity index (χ2n) is 6.07. The van der Waals surface area contributed by atoms with E-state index >= 15 is 0 Å². The predicted octanol–water partition coefficient (Wildman–Crippen LogP) is 2.66. The molecule has 1 N–H and O–H groups in total. The van der Waals surface area contributed by atoms with Crippen molar-refractivity contribution in [2.45, 2.75) is 39.7 Å². The van der Waals surface area contributed by atoms with Gasteiger partial charge in [0.25, 0.3) is 5.91 Å². The van der Waals surface area contributed by atoms with E-state index < -0.39 is 0 Å². The molecule has 1 heterocycles. The first-order valence-corrected chi connectivity index (χ1v) is 8.34. The number of nitrogens with zero attached hydrogens (tertiary/aromatic N) is 1. The number of carbonyl (C=O) groups is 2. The Morgan fingerprint density at radius 2 is 1.88 bits per heavy atom. The van der Waals surface area contributed by atoms with Gasteiger partial charge in [-0.15, -0.1) is 0 Å². The minimum atomic E-state index is -0.274. The van der Waals surface area contributed by atoms with Crippen molar-refractivity contribution in [3.8, 4) is 5.75 Å². The highest BCUT2D eigenvalue weighted by Gasteiger charge is 2.25. The number of likely N-dealkylation sites (tertiary alicyclic amines) is 1. The molecule has 6 heteroatoms. The summed E-state index contributed by atoms with van der Waals surface area (Å²) in [5, 5.41) is 3.07. The first kappa shape index (κ1) is 18.1. The van der Waals surface area contributed by atoms with Crippen LogP contribution in [0.5, 0.6) is 5.75 Å². The average Bonchev–Trinajstić information content (AvgIpc) is 2.57. The summed E-state index contributed by atoms with van der Waals surface area (Å²) < 4.78 is 10.3. The fourth-order valence-corrected chi connectivity index (χ4v) is 2.94. The molecule has 1 aliphatic rings. The third-order valence-corrected chi connectivity index (χ3v) is 4.34. The van der Waals surface area contributed by atoms with Crippen LogP contribution < -0.4 is 10.1 Å². The van der Waals surface area contributed by atoms with Gasteiger partial charge in [-0.05, 0) is 56.9 Å². The van der Waals surface area contributed by atoms with Crippen LogP contribution in [0.25, 0.3) is 0 Å². The highest BCUT2D eigenvalue weighted by molar-refractivity contribution is 5.96. The van der Waals surface area contributed by atoms with Gasteiger partial charge in [0.05, 0.1) is 13.7 Å². The quantitative estimate of drug-likeness (QED) is 0.919. The Kier molecular flexibility index (Phi) is 6.06. The molecule has 2 rings (SSSR count). The minimum absolute atomic E-state index is 0.0741. The van der Waals surface area contributed by atoms with Crippen molar-refractivity contribution in [1.82, 2.24) is 10.2 Å². The molecule has 1 aromatic carbocycles. The number of nitrogens with one attached hydrogen (secondary N) is 1. The maximum atomic E-state index is 12.5. The first-order chi connectivity index (χ1) is 11.5. The molecule has 0 unspecified atom stereocenters. The molecule has 0 aromatic heterocycles. The van der Waals surface area contributed by atoms with Crippen LogP contribution in [0.15, 0.2) is 12.1 Å². The number of ether oxygens (including phenoxy) is 2. The van der Waals surface area contributed by atoms with E-state index in [9.17, 15) is 9.59 Å². The van der Waals surface area contributed by atoms with E-state index in [4.69, 9.17) is 9.47 Å². The number of hydrogen-bond donors (Lipinski definition) is 1. The molecule has 132 valence electrons. The summed E-state index contributed by atoms with van der Waals surface area (Å²) >= 11 is 0. The normalized spacial score (nSPS) is 15.1. The van der Waals surface area contributed by atoms with Crippen molar-refractivity contribution in [1.29, 1.82) is 0 Å². The van der Waals surface area contributed by atoms with Crippen molar-refractivity contribution in [2.24, 2.45) is 0 Å². The summed E-state index contributed by atoms with van der Waals surface area (Å²) in [5.41, 5.74) is 2.49. The zero-order chi connectivity index (χ0) is 17.7. The Hall–Kier alpha value is -2.24. The van der Waals surface area contributed by atoms with Gasteiger partial charge in [-0.1, -0.05) is 0 Å². The van der Waals surface area contributed by atoms with Gasteiger partial charge in [0.15, 0.2) is 0 Å². The van der Waals surface area contributed by atoms with E-state index in [0.29, 0.717) is 25.3 Å². The molecule has 1 fully saturated rings. The lowest BCUT2D eigenvalue weighted by molar-refractivity contribution is 0.0859. The fourth-order valence-electron chi connectivity index (χ4n) is 2.94. The maximum Gasteiger partial charge on any atom is 0.409 e. The monoisotopic (exact) mass is 334 g/mol. The standard InChI is InChI=1S/C18H26N2O4/c1-5-24-18(22)20-8-6-14(7-9-20)19-17(21)15-10-13(3)16(23-4)11-12(15)2/h10-11,14H,5-9H2,1-4H3,(H,19,21). The summed E-state index contributed by atoms with van der Waals surface area (Å²) in [6.07, 6.45) is 1.20. The van der Waals surface area contributed by atoms with Gasteiger partial charge >= 0.3 is 6.09 Å². The zero-order valence-electron chi connectivity index (χ0n) is 14.8. The van der Waals surface area contributed by atoms with Gasteiger partial charge in [-0.2, -0.15) is 0 Å². The number of hydrogen-bond acceptors (Lipinski definition) is 4. The number of carbonyl (C=O) groups excluding carboxylic acids is 2. The third kappa shape index (κ3) is 4.19. The lowest BCUT2D eigenvalue weighted by Gasteiger charge is -2.31. The van der Waals surface area contributed by atoms with Crippen LogP contribution in [0, 0.1) is 13.8 Å². The third-order valence-electron chi connectivity index (χ3n) is 4.34. The summed E-state index contributed by atoms with van der Waals surface area (Å²) in [6, 6.07) is 3.81. The van der Waals surface area contributed by atoms with Crippen LogP contribution in [-0.2, 0) is 4.74 Å². The molecule has 1 saturated heterocycles. The molecule has 0 radical (unpaired) electrons. The minimum Gasteiger partial charge on any atom is -0.496 e. The molecular weight excluding hydrogens is 308 g/mol. The Bertz CT molecular complexity index is 607. The second-order valence-corrected chi connectivity index (χ2v) is 6.07. The summed E-state index contributed by atoms with van der Waals surface area (Å²) in [4.78, 5) is 25.9. The van der Waals surface area contributed by atoms with Gasteiger partial charge in [-0.25, -0.2) is 4.79 Å². The topological polar surface area (TPSA) is 67.9 Å². The molecule has 24 heavy (non-hydrogen) atoms. The average molecular weight is 334 g/mol. The second kappa shape index (κ2) is 8.04. The van der Waals surface area contributed by atoms with E-state index in [1.54, 1.807) is 18.9 Å². The van der Waals surface area contributed by atoms with Crippen LogP contribution in [0.3, 0.4) is 0 Å². The van der Waals surface area contributed by atoms with E-state index in [0.717, 1.165) is 29.7 Å². The Morgan fingerprint density at radius 1 is 1.21 bits per heavy atom. The predicted molar refractivity (Wildman–Crippen MR) is 91.6 cm³/mol. The van der Waals surface area contributed by atoms with Crippen LogP contribution >= 0.6 is 0 Å². The summed E-state index contributed by atoms with van der Waals surface area (Å²) in [7, 11) is 1.62. The lowest BCUT2D eigenvalue weighted by atomic mass is 10.0. The van der Waals surface area contributed by atoms with Crippen molar-refractivity contribution in [3.63, 3.8) is 0 Å². The van der Waals surface area contributed by atoms with Crippen LogP contribution in [0.2, 0.25) is 0 Å². The molecule has 2 amide bonds. The lowest BCUT2D eigenvalue weighted by Crippen LogP contribution is -2.46. The SMILES string of the molecule is CCOC(=O)N1CCC(NC(=O)c2cc(C)c(OC)cc2C)CC1. The summed E-state index contributed by atoms with van der Waals surface area (Å²) in [5.74, 6) is 0.708. The number of rotatable bonds is 4. The van der Waals surface area contributed by atoms with Crippen LogP contribution in [0.4, 0.5) is 4.79 Å². The van der Waals surface area contributed by atoms with Gasteiger partial charge < -0.3 is 19.7 Å². The smallest absolute Gasteiger partial charge is 0.409 e. The van der Waals surface area contributed by atoms with Gasteiger partial charge in [-0.3, -0.25) is 4.79 Å². The van der Waals surface area contributed by atoms with Gasteiger partial charge in [0.2, 0.25) is 0 Å². The number of amides is 2. The summed E-state index contributed by atoms with van der Waals surface area (Å²) in [6.45, 7) is 7.21. The van der Waals surface area contributed by atoms with E-state index in [1.807, 2.05) is 26.0 Å². The number of aryl methyl sites for hydroxylation is 2. The first-order valence-electron chi connectivity index (χ1n) is 8.34. The highest BCUT2D eigenvalue weighted by Crippen LogP contribution is 2.23. The van der Waals surface area contributed by atoms with Crippen molar-refractivity contribution in [3.05, 3.63) is 28.8 Å². The van der Waals surface area contributed by atoms with Gasteiger partial charge in [0.1, 0.15) is 5.75 Å². The molecule has 6 nitrogen and oxygen atoms in total. The van der Waals surface area contributed by atoms with Crippen molar-refractivity contribution < 1.29 is 19.1 Å².